The summed E-state index contributed by atoms with van der Waals surface area (Å²) in [5.41, 5.74) is 0.808. The molecule has 0 unspecified atom stereocenters. The zero-order chi connectivity index (χ0) is 13.9. The van der Waals surface area contributed by atoms with Gasteiger partial charge in [0, 0.05) is 17.6 Å². The summed E-state index contributed by atoms with van der Waals surface area (Å²) in [5, 5.41) is 0.567. The van der Waals surface area contributed by atoms with Crippen molar-refractivity contribution in [3.63, 3.8) is 0 Å². The molecule has 0 atom stereocenters. The van der Waals surface area contributed by atoms with Crippen LogP contribution in [0.15, 0.2) is 41.7 Å². The number of rotatable bonds is 3. The molecule has 2 rings (SSSR count). The first-order valence-corrected chi connectivity index (χ1v) is 6.52. The smallest absolute Gasteiger partial charge is 0.231 e. The van der Waals surface area contributed by atoms with Crippen molar-refractivity contribution in [3.8, 4) is 0 Å². The van der Waals surface area contributed by atoms with Crippen LogP contribution in [0.5, 0.6) is 0 Å². The highest BCUT2D eigenvalue weighted by Crippen LogP contribution is 2.30. The predicted molar refractivity (Wildman–Crippen MR) is 67.8 cm³/mol. The lowest BCUT2D eigenvalue weighted by molar-refractivity contribution is -0.137. The summed E-state index contributed by atoms with van der Waals surface area (Å²) in [7, 11) is 0. The monoisotopic (exact) mass is 284 g/mol. The number of hydrogen-bond donors (Lipinski definition) is 0. The van der Waals surface area contributed by atoms with Gasteiger partial charge in [-0.05, 0) is 24.6 Å². The summed E-state index contributed by atoms with van der Waals surface area (Å²) >= 11 is 1.32. The summed E-state index contributed by atoms with van der Waals surface area (Å²) in [6, 6.07) is 7.07. The molecule has 0 fully saturated rings. The number of thioether (sulfide) groups is 1. The van der Waals surface area contributed by atoms with Crippen molar-refractivity contribution in [1.29, 1.82) is 0 Å². The van der Waals surface area contributed by atoms with Crippen LogP contribution in [0.3, 0.4) is 0 Å². The lowest BCUT2D eigenvalue weighted by atomic mass is 10.1. The van der Waals surface area contributed by atoms with Gasteiger partial charge in [0.25, 0.3) is 0 Å². The van der Waals surface area contributed by atoms with Gasteiger partial charge in [0.2, 0.25) is 0 Å². The first-order chi connectivity index (χ1) is 8.95. The predicted octanol–water partition coefficient (Wildman–Crippen LogP) is 4.10. The van der Waals surface area contributed by atoms with Crippen LogP contribution in [0.1, 0.15) is 16.8 Å². The topological polar surface area (TPSA) is 25.8 Å². The number of nitrogens with zero attached hydrogens (tertiary/aromatic N) is 2. The molecule has 0 saturated carbocycles. The molecule has 0 aliphatic heterocycles. The number of alkyl halides is 3. The third-order valence-corrected chi connectivity index (χ3v) is 3.33. The van der Waals surface area contributed by atoms with E-state index in [4.69, 9.17) is 0 Å². The maximum absolute atomic E-state index is 12.6. The lowest BCUT2D eigenvalue weighted by Crippen LogP contribution is -2.04. The highest BCUT2D eigenvalue weighted by molar-refractivity contribution is 7.98. The Morgan fingerprint density at radius 3 is 2.68 bits per heavy atom. The van der Waals surface area contributed by atoms with E-state index in [1.807, 2.05) is 6.92 Å². The number of benzene rings is 1. The molecule has 0 radical (unpaired) electrons. The third kappa shape index (κ3) is 3.96. The molecule has 0 bridgehead atoms. The molecule has 1 aromatic carbocycles. The average molecular weight is 284 g/mol. The van der Waals surface area contributed by atoms with E-state index in [2.05, 4.69) is 9.97 Å². The lowest BCUT2D eigenvalue weighted by Gasteiger charge is -2.08. The Balaban J connectivity index is 2.08. The fourth-order valence-corrected chi connectivity index (χ4v) is 2.30. The van der Waals surface area contributed by atoms with Gasteiger partial charge in [-0.3, -0.25) is 0 Å². The van der Waals surface area contributed by atoms with Crippen LogP contribution in [-0.2, 0) is 11.9 Å². The minimum absolute atomic E-state index is 0.410. The van der Waals surface area contributed by atoms with Crippen molar-refractivity contribution in [2.24, 2.45) is 0 Å². The standard InChI is InChI=1S/C13H11F3N2S/c1-9-5-6-17-12(18-9)19-8-10-3-2-4-11(7-10)13(14,15)16/h2-7H,8H2,1H3. The second-order valence-corrected chi connectivity index (χ2v) is 4.91. The van der Waals surface area contributed by atoms with Crippen molar-refractivity contribution in [2.45, 2.75) is 24.0 Å². The van der Waals surface area contributed by atoms with Gasteiger partial charge in [0.15, 0.2) is 5.16 Å². The largest absolute Gasteiger partial charge is 0.416 e. The highest BCUT2D eigenvalue weighted by Gasteiger charge is 2.30. The minimum atomic E-state index is -4.31. The van der Waals surface area contributed by atoms with Crippen LogP contribution < -0.4 is 0 Å². The zero-order valence-electron chi connectivity index (χ0n) is 10.1. The fourth-order valence-electron chi connectivity index (χ4n) is 1.48. The van der Waals surface area contributed by atoms with Crippen molar-refractivity contribution >= 4 is 11.8 Å². The van der Waals surface area contributed by atoms with Gasteiger partial charge in [-0.2, -0.15) is 13.2 Å². The number of hydrogen-bond acceptors (Lipinski definition) is 3. The molecule has 2 aromatic rings. The summed E-state index contributed by atoms with van der Waals surface area (Å²) in [6.45, 7) is 1.84. The Morgan fingerprint density at radius 1 is 1.21 bits per heavy atom. The normalized spacial score (nSPS) is 11.6. The van der Waals surface area contributed by atoms with E-state index in [-0.39, 0.29) is 0 Å². The number of halogens is 3. The zero-order valence-corrected chi connectivity index (χ0v) is 10.9. The van der Waals surface area contributed by atoms with Gasteiger partial charge in [0.1, 0.15) is 0 Å². The summed E-state index contributed by atoms with van der Waals surface area (Å²) < 4.78 is 37.7. The first kappa shape index (κ1) is 13.9. The molecule has 100 valence electrons. The molecule has 0 N–H and O–H groups in total. The van der Waals surface area contributed by atoms with E-state index in [0.717, 1.165) is 17.8 Å². The molecule has 0 aliphatic rings. The SMILES string of the molecule is Cc1ccnc(SCc2cccc(C(F)(F)F)c2)n1. The molecule has 6 heteroatoms. The fraction of sp³-hybridized carbons (Fsp3) is 0.231. The first-order valence-electron chi connectivity index (χ1n) is 5.54. The second-order valence-electron chi connectivity index (χ2n) is 3.97. The molecular formula is C13H11F3N2S. The summed E-state index contributed by atoms with van der Waals surface area (Å²) in [4.78, 5) is 8.24. The van der Waals surface area contributed by atoms with E-state index in [0.29, 0.717) is 16.5 Å². The molecule has 19 heavy (non-hydrogen) atoms. The maximum atomic E-state index is 12.6. The van der Waals surface area contributed by atoms with E-state index in [1.165, 1.54) is 17.8 Å². The van der Waals surface area contributed by atoms with Crippen LogP contribution in [0, 0.1) is 6.92 Å². The van der Waals surface area contributed by atoms with Gasteiger partial charge in [-0.1, -0.05) is 30.0 Å². The quantitative estimate of drug-likeness (QED) is 0.627. The van der Waals surface area contributed by atoms with Crippen LogP contribution in [0.2, 0.25) is 0 Å². The Hall–Kier alpha value is -1.56. The molecule has 0 aliphatic carbocycles. The maximum Gasteiger partial charge on any atom is 0.416 e. The third-order valence-electron chi connectivity index (χ3n) is 2.39. The molecule has 0 spiro atoms. The van der Waals surface area contributed by atoms with E-state index >= 15 is 0 Å². The van der Waals surface area contributed by atoms with Gasteiger partial charge >= 0.3 is 6.18 Å². The Kier molecular flexibility index (Phi) is 4.09. The van der Waals surface area contributed by atoms with Crippen LogP contribution in [-0.4, -0.2) is 9.97 Å². The van der Waals surface area contributed by atoms with Crippen LogP contribution in [0.4, 0.5) is 13.2 Å². The van der Waals surface area contributed by atoms with Crippen molar-refractivity contribution in [1.82, 2.24) is 9.97 Å². The molecule has 1 heterocycles. The van der Waals surface area contributed by atoms with Crippen molar-refractivity contribution < 1.29 is 13.2 Å². The Bertz CT molecular complexity index is 570. The molecule has 1 aromatic heterocycles. The highest BCUT2D eigenvalue weighted by atomic mass is 32.2. The van der Waals surface area contributed by atoms with Gasteiger partial charge in [0.05, 0.1) is 5.56 Å². The van der Waals surface area contributed by atoms with Gasteiger partial charge in [-0.25, -0.2) is 9.97 Å². The molecule has 0 amide bonds. The van der Waals surface area contributed by atoms with Crippen molar-refractivity contribution in [3.05, 3.63) is 53.3 Å². The molecule has 0 saturated heterocycles. The number of aromatic nitrogens is 2. The second kappa shape index (κ2) is 5.61. The molecular weight excluding hydrogens is 273 g/mol. The van der Waals surface area contributed by atoms with E-state index < -0.39 is 11.7 Å². The summed E-state index contributed by atoms with van der Waals surface area (Å²) in [5.74, 6) is 0.410. The minimum Gasteiger partial charge on any atom is -0.231 e. The van der Waals surface area contributed by atoms with E-state index in [1.54, 1.807) is 18.3 Å². The van der Waals surface area contributed by atoms with Gasteiger partial charge < -0.3 is 0 Å². The van der Waals surface area contributed by atoms with Gasteiger partial charge in [-0.15, -0.1) is 0 Å². The number of aryl methyl sites for hydroxylation is 1. The van der Waals surface area contributed by atoms with E-state index in [9.17, 15) is 13.2 Å². The molecule has 2 nitrogen and oxygen atoms in total. The van der Waals surface area contributed by atoms with Crippen LogP contribution in [0.25, 0.3) is 0 Å². The average Bonchev–Trinajstić information content (AvgIpc) is 2.36. The Labute approximate surface area is 113 Å². The van der Waals surface area contributed by atoms with Crippen molar-refractivity contribution in [2.75, 3.05) is 0 Å². The van der Waals surface area contributed by atoms with Crippen LogP contribution >= 0.6 is 11.8 Å². The summed E-state index contributed by atoms with van der Waals surface area (Å²) in [6.07, 6.45) is -2.67. The Morgan fingerprint density at radius 2 is 2.00 bits per heavy atom.